The third kappa shape index (κ3) is 7.13. The van der Waals surface area contributed by atoms with Gasteiger partial charge >= 0.3 is 0 Å². The molecule has 1 aliphatic heterocycles. The molecule has 12 aromatic rings. The van der Waals surface area contributed by atoms with E-state index in [1.165, 1.54) is 76.7 Å². The molecule has 14 rings (SSSR count). The summed E-state index contributed by atoms with van der Waals surface area (Å²) in [7, 11) is 0. The lowest BCUT2D eigenvalue weighted by Crippen LogP contribution is -2.29. The number of hydrogen-bond acceptors (Lipinski definition) is 3. The van der Waals surface area contributed by atoms with Gasteiger partial charge in [-0.2, -0.15) is 0 Å². The van der Waals surface area contributed by atoms with Crippen LogP contribution in [0.5, 0.6) is 0 Å². The molecule has 0 amide bonds. The maximum Gasteiger partial charge on any atom is 0.0806 e. The quantitative estimate of drug-likeness (QED) is 0.142. The third-order valence-corrected chi connectivity index (χ3v) is 15.2. The summed E-state index contributed by atoms with van der Waals surface area (Å²) in [6.45, 7) is 2.27. The van der Waals surface area contributed by atoms with Crippen molar-refractivity contribution in [2.75, 3.05) is 4.90 Å². The predicted molar refractivity (Wildman–Crippen MR) is 309 cm³/mol. The number of pyridine rings is 1. The van der Waals surface area contributed by atoms with Crippen LogP contribution in [0, 0.1) is 5.41 Å². The number of nitrogens with zero attached hydrogens (tertiary/aromatic N) is 4. The molecule has 0 spiro atoms. The van der Waals surface area contributed by atoms with Crippen LogP contribution in [0.1, 0.15) is 12.5 Å². The average molecular weight is 933 g/mol. The molecule has 0 fully saturated rings. The molecule has 0 bridgehead atoms. The predicted octanol–water partition coefficient (Wildman–Crippen LogP) is 18.1. The van der Waals surface area contributed by atoms with E-state index in [1.807, 2.05) is 18.5 Å². The number of hydrogen-bond donors (Lipinski definition) is 0. The number of rotatable bonds is 8. The Kier molecular flexibility index (Phi) is 10.0. The van der Waals surface area contributed by atoms with Crippen molar-refractivity contribution in [1.29, 1.82) is 0 Å². The molecule has 10 aromatic carbocycles. The van der Waals surface area contributed by atoms with Crippen molar-refractivity contribution in [2.24, 2.45) is 10.4 Å². The normalized spacial score (nSPS) is 16.1. The van der Waals surface area contributed by atoms with E-state index in [1.54, 1.807) is 0 Å². The van der Waals surface area contributed by atoms with Crippen molar-refractivity contribution in [3.05, 3.63) is 267 Å². The van der Waals surface area contributed by atoms with E-state index in [2.05, 4.69) is 270 Å². The molecule has 2 unspecified atom stereocenters. The lowest BCUT2D eigenvalue weighted by Gasteiger charge is -2.33. The highest BCUT2D eigenvalue weighted by Crippen LogP contribution is 2.50. The minimum atomic E-state index is -0.164. The molecular formula is C69H48N4. The minimum absolute atomic E-state index is 0.111. The molecule has 0 radical (unpaired) electrons. The Labute approximate surface area is 424 Å². The van der Waals surface area contributed by atoms with E-state index in [-0.39, 0.29) is 11.5 Å². The van der Waals surface area contributed by atoms with Crippen molar-refractivity contribution in [3.8, 4) is 39.1 Å². The van der Waals surface area contributed by atoms with Gasteiger partial charge in [0.05, 0.1) is 28.3 Å². The summed E-state index contributed by atoms with van der Waals surface area (Å²) >= 11 is 0. The maximum atomic E-state index is 4.77. The van der Waals surface area contributed by atoms with E-state index in [0.29, 0.717) is 0 Å². The second-order valence-corrected chi connectivity index (χ2v) is 19.5. The van der Waals surface area contributed by atoms with Gasteiger partial charge in [0.25, 0.3) is 0 Å². The van der Waals surface area contributed by atoms with Crippen molar-refractivity contribution in [2.45, 2.75) is 13.0 Å². The molecule has 3 heterocycles. The monoisotopic (exact) mass is 932 g/mol. The van der Waals surface area contributed by atoms with Crippen LogP contribution in [0.4, 0.5) is 17.1 Å². The Bertz CT molecular complexity index is 4200. The molecule has 73 heavy (non-hydrogen) atoms. The highest BCUT2D eigenvalue weighted by molar-refractivity contribution is 6.25. The van der Waals surface area contributed by atoms with Crippen LogP contribution in [0.3, 0.4) is 0 Å². The minimum Gasteiger partial charge on any atom is -0.310 e. The van der Waals surface area contributed by atoms with E-state index < -0.39 is 0 Å². The molecule has 4 heteroatoms. The average Bonchev–Trinajstić information content (AvgIpc) is 3.79. The third-order valence-electron chi connectivity index (χ3n) is 15.2. The van der Waals surface area contributed by atoms with Gasteiger partial charge in [0.15, 0.2) is 0 Å². The Morgan fingerprint density at radius 3 is 1.84 bits per heavy atom. The van der Waals surface area contributed by atoms with Crippen LogP contribution < -0.4 is 4.90 Å². The number of aromatic nitrogens is 2. The number of anilines is 3. The van der Waals surface area contributed by atoms with E-state index in [4.69, 9.17) is 4.99 Å². The van der Waals surface area contributed by atoms with Crippen LogP contribution in [0.15, 0.2) is 266 Å². The summed E-state index contributed by atoms with van der Waals surface area (Å²) in [6, 6.07) is 82.4. The molecule has 4 nitrogen and oxygen atoms in total. The molecule has 2 atom stereocenters. The molecule has 0 N–H and O–H groups in total. The summed E-state index contributed by atoms with van der Waals surface area (Å²) in [5.41, 5.74) is 17.0. The van der Waals surface area contributed by atoms with Crippen molar-refractivity contribution >= 4 is 83.1 Å². The second kappa shape index (κ2) is 17.2. The van der Waals surface area contributed by atoms with Crippen molar-refractivity contribution < 1.29 is 0 Å². The summed E-state index contributed by atoms with van der Waals surface area (Å²) in [5, 5.41) is 8.40. The number of allylic oxidation sites excluding steroid dienone is 3. The van der Waals surface area contributed by atoms with Gasteiger partial charge < -0.3 is 9.47 Å². The maximum absolute atomic E-state index is 4.77. The molecule has 0 saturated carbocycles. The van der Waals surface area contributed by atoms with Crippen LogP contribution in [-0.4, -0.2) is 21.8 Å². The van der Waals surface area contributed by atoms with Gasteiger partial charge in [0.1, 0.15) is 0 Å². The van der Waals surface area contributed by atoms with Crippen LogP contribution in [0.25, 0.3) is 98.9 Å². The zero-order valence-corrected chi connectivity index (χ0v) is 40.3. The standard InChI is InChI=1S/C69H48N4/c1-69-41-13-43-71-65(69)40-34-52(45-69)47-27-31-49(32-28-47)67-59-20-6-5-19-58(59)66(48-29-25-46(26-30-48)50-33-39-61-51(44-50)14-12-42-70-61)60-21-11-24-64(68(60)67)72(53-15-3-2-4-16-53)54-35-37-55(38-36-54)73-62-22-9-7-17-56(62)57-18-8-10-23-63(57)73/h2-45,65H,1H3. The van der Waals surface area contributed by atoms with Crippen molar-refractivity contribution in [3.63, 3.8) is 0 Å². The van der Waals surface area contributed by atoms with Gasteiger partial charge in [-0.3, -0.25) is 9.98 Å². The van der Waals surface area contributed by atoms with E-state index in [9.17, 15) is 0 Å². The Morgan fingerprint density at radius 1 is 0.493 bits per heavy atom. The first-order valence-electron chi connectivity index (χ1n) is 25.2. The summed E-state index contributed by atoms with van der Waals surface area (Å²) in [6.07, 6.45) is 15.0. The fourth-order valence-electron chi connectivity index (χ4n) is 11.7. The van der Waals surface area contributed by atoms with Crippen molar-refractivity contribution in [1.82, 2.24) is 9.55 Å². The Balaban J connectivity index is 0.980. The first-order chi connectivity index (χ1) is 36.1. The van der Waals surface area contributed by atoms with Crippen LogP contribution >= 0.6 is 0 Å². The smallest absolute Gasteiger partial charge is 0.0806 e. The number of benzene rings is 10. The first-order valence-corrected chi connectivity index (χ1v) is 25.2. The molecule has 2 aliphatic rings. The van der Waals surface area contributed by atoms with Gasteiger partial charge in [-0.25, -0.2) is 0 Å². The van der Waals surface area contributed by atoms with Gasteiger partial charge in [-0.15, -0.1) is 0 Å². The summed E-state index contributed by atoms with van der Waals surface area (Å²) in [5.74, 6) is 0. The van der Waals surface area contributed by atoms with Gasteiger partial charge in [-0.1, -0.05) is 183 Å². The summed E-state index contributed by atoms with van der Waals surface area (Å²) < 4.78 is 2.39. The summed E-state index contributed by atoms with van der Waals surface area (Å²) in [4.78, 5) is 11.8. The first kappa shape index (κ1) is 42.5. The molecule has 0 saturated heterocycles. The zero-order chi connectivity index (χ0) is 48.5. The molecule has 344 valence electrons. The largest absolute Gasteiger partial charge is 0.310 e. The highest BCUT2D eigenvalue weighted by atomic mass is 15.1. The topological polar surface area (TPSA) is 33.4 Å². The highest BCUT2D eigenvalue weighted by Gasteiger charge is 2.32. The van der Waals surface area contributed by atoms with Crippen LogP contribution in [0.2, 0.25) is 0 Å². The SMILES string of the molecule is CC12C=CC=NC1C=CC(c1ccc(-c3c4ccccc4c(-c4ccc(-c5ccc6ncccc6c5)cc4)c4cccc(N(c5ccccc5)c5ccc(-n6c7ccccc7c7ccccc76)cc5)c34)cc1)=C2. The Hall–Kier alpha value is -9.38. The molecule has 2 aromatic heterocycles. The molecule has 1 aliphatic carbocycles. The number of aliphatic imine (C=N–C) groups is 1. The van der Waals surface area contributed by atoms with E-state index >= 15 is 0 Å². The number of para-hydroxylation sites is 3. The lowest BCUT2D eigenvalue weighted by atomic mass is 9.75. The van der Waals surface area contributed by atoms with Crippen LogP contribution in [-0.2, 0) is 0 Å². The lowest BCUT2D eigenvalue weighted by molar-refractivity contribution is 0.481. The van der Waals surface area contributed by atoms with Gasteiger partial charge in [0, 0.05) is 56.4 Å². The fourth-order valence-corrected chi connectivity index (χ4v) is 11.7. The second-order valence-electron chi connectivity index (χ2n) is 19.5. The Morgan fingerprint density at radius 2 is 1.10 bits per heavy atom. The zero-order valence-electron chi connectivity index (χ0n) is 40.3. The number of fused-ring (bicyclic) bond motifs is 7. The number of dihydropyridines is 1. The van der Waals surface area contributed by atoms with Gasteiger partial charge in [-0.05, 0) is 140 Å². The van der Waals surface area contributed by atoms with E-state index in [0.717, 1.165) is 44.8 Å². The van der Waals surface area contributed by atoms with Gasteiger partial charge in [0.2, 0.25) is 0 Å². The molecular weight excluding hydrogens is 885 g/mol. The fraction of sp³-hybridized carbons (Fsp3) is 0.0435.